The highest BCUT2D eigenvalue weighted by molar-refractivity contribution is 5.40. The van der Waals surface area contributed by atoms with Gasteiger partial charge in [-0.1, -0.05) is 45.4 Å². The first-order chi connectivity index (χ1) is 8.72. The fraction of sp³-hybridized carbons (Fsp3) is 0.500. The van der Waals surface area contributed by atoms with Crippen LogP contribution in [0.1, 0.15) is 38.6 Å². The maximum absolute atomic E-state index is 4.14. The van der Waals surface area contributed by atoms with Crippen LogP contribution in [0.3, 0.4) is 0 Å². The van der Waals surface area contributed by atoms with Crippen molar-refractivity contribution in [2.24, 2.45) is 5.92 Å². The second kappa shape index (κ2) is 5.76. The fourth-order valence-electron chi connectivity index (χ4n) is 2.08. The molecule has 1 aromatic heterocycles. The van der Waals surface area contributed by atoms with Gasteiger partial charge in [-0.2, -0.15) is 4.68 Å². The number of rotatable bonds is 5. The molecule has 18 heavy (non-hydrogen) atoms. The summed E-state index contributed by atoms with van der Waals surface area (Å²) in [5, 5.41) is 12.1. The van der Waals surface area contributed by atoms with Crippen LogP contribution in [0.15, 0.2) is 24.3 Å². The topological polar surface area (TPSA) is 43.6 Å². The van der Waals surface area contributed by atoms with Gasteiger partial charge in [0.1, 0.15) is 0 Å². The molecule has 0 radical (unpaired) electrons. The third-order valence-electron chi connectivity index (χ3n) is 2.86. The minimum atomic E-state index is 0.549. The van der Waals surface area contributed by atoms with Crippen molar-refractivity contribution in [1.82, 2.24) is 20.2 Å². The van der Waals surface area contributed by atoms with E-state index in [1.807, 2.05) is 10.7 Å². The minimum absolute atomic E-state index is 0.549. The van der Waals surface area contributed by atoms with Crippen LogP contribution in [0.25, 0.3) is 5.69 Å². The number of para-hydroxylation sites is 1. The first-order valence-corrected chi connectivity index (χ1v) is 6.58. The van der Waals surface area contributed by atoms with Crippen LogP contribution >= 0.6 is 0 Å². The number of nitrogens with zero attached hydrogens (tertiary/aromatic N) is 4. The Balaban J connectivity index is 2.39. The lowest BCUT2D eigenvalue weighted by atomic mass is 10.1. The van der Waals surface area contributed by atoms with Crippen molar-refractivity contribution < 1.29 is 0 Å². The number of tetrazole rings is 1. The maximum atomic E-state index is 4.14. The van der Waals surface area contributed by atoms with E-state index in [0.717, 1.165) is 30.8 Å². The Morgan fingerprint density at radius 1 is 1.22 bits per heavy atom. The molecule has 4 heteroatoms. The predicted octanol–water partition coefficient (Wildman–Crippen LogP) is 2.81. The lowest BCUT2D eigenvalue weighted by Gasteiger charge is -2.10. The van der Waals surface area contributed by atoms with Crippen LogP contribution in [0.4, 0.5) is 0 Å². The van der Waals surface area contributed by atoms with Gasteiger partial charge in [-0.3, -0.25) is 0 Å². The molecule has 0 aliphatic carbocycles. The molecule has 0 saturated heterocycles. The number of aryl methyl sites for hydroxylation is 1. The van der Waals surface area contributed by atoms with Crippen molar-refractivity contribution in [3.8, 4) is 5.69 Å². The van der Waals surface area contributed by atoms with Crippen molar-refractivity contribution in [3.05, 3.63) is 35.7 Å². The van der Waals surface area contributed by atoms with Crippen LogP contribution < -0.4 is 0 Å². The molecule has 4 nitrogen and oxygen atoms in total. The molecule has 2 rings (SSSR count). The standard InChI is InChI=1S/C14H20N4/c1-4-7-12-8-5-6-9-13(12)18-14(10-11(2)3)15-16-17-18/h5-6,8-9,11H,4,7,10H2,1-3H3. The van der Waals surface area contributed by atoms with E-state index in [9.17, 15) is 0 Å². The Hall–Kier alpha value is -1.71. The highest BCUT2D eigenvalue weighted by Crippen LogP contribution is 2.17. The second-order valence-corrected chi connectivity index (χ2v) is 4.98. The van der Waals surface area contributed by atoms with Crippen molar-refractivity contribution in [1.29, 1.82) is 0 Å². The highest BCUT2D eigenvalue weighted by atomic mass is 15.5. The normalized spacial score (nSPS) is 11.1. The first-order valence-electron chi connectivity index (χ1n) is 6.58. The third-order valence-corrected chi connectivity index (χ3v) is 2.86. The number of benzene rings is 1. The molecule has 0 spiro atoms. The van der Waals surface area contributed by atoms with Gasteiger partial charge in [-0.25, -0.2) is 0 Å². The van der Waals surface area contributed by atoms with Gasteiger partial charge in [0.2, 0.25) is 0 Å². The largest absolute Gasteiger partial charge is 0.197 e. The van der Waals surface area contributed by atoms with Gasteiger partial charge in [0.25, 0.3) is 0 Å². The summed E-state index contributed by atoms with van der Waals surface area (Å²) >= 11 is 0. The van der Waals surface area contributed by atoms with E-state index in [2.05, 4.69) is 54.5 Å². The van der Waals surface area contributed by atoms with Crippen LogP contribution in [-0.2, 0) is 12.8 Å². The van der Waals surface area contributed by atoms with E-state index >= 15 is 0 Å². The summed E-state index contributed by atoms with van der Waals surface area (Å²) in [5.41, 5.74) is 2.41. The molecular formula is C14H20N4. The molecule has 0 unspecified atom stereocenters. The summed E-state index contributed by atoms with van der Waals surface area (Å²) in [6.45, 7) is 6.54. The molecule has 2 aromatic rings. The van der Waals surface area contributed by atoms with Crippen LogP contribution in [0.5, 0.6) is 0 Å². The first kappa shape index (κ1) is 12.7. The number of hydrogen-bond donors (Lipinski definition) is 0. The molecule has 0 bridgehead atoms. The lowest BCUT2D eigenvalue weighted by Crippen LogP contribution is -2.08. The van der Waals surface area contributed by atoms with Crippen molar-refractivity contribution in [2.45, 2.75) is 40.0 Å². The van der Waals surface area contributed by atoms with E-state index in [1.165, 1.54) is 5.56 Å². The minimum Gasteiger partial charge on any atom is -0.197 e. The summed E-state index contributed by atoms with van der Waals surface area (Å²) in [4.78, 5) is 0. The van der Waals surface area contributed by atoms with Crippen LogP contribution in [0, 0.1) is 5.92 Å². The van der Waals surface area contributed by atoms with Crippen molar-refractivity contribution >= 4 is 0 Å². The van der Waals surface area contributed by atoms with Crippen molar-refractivity contribution in [3.63, 3.8) is 0 Å². The van der Waals surface area contributed by atoms with E-state index < -0.39 is 0 Å². The average Bonchev–Trinajstić information content (AvgIpc) is 2.77. The Morgan fingerprint density at radius 3 is 2.72 bits per heavy atom. The zero-order valence-corrected chi connectivity index (χ0v) is 11.3. The molecule has 96 valence electrons. The number of aromatic nitrogens is 4. The highest BCUT2D eigenvalue weighted by Gasteiger charge is 2.12. The fourth-order valence-corrected chi connectivity index (χ4v) is 2.08. The Bertz CT molecular complexity index is 502. The molecule has 0 aliphatic rings. The Kier molecular flexibility index (Phi) is 4.07. The predicted molar refractivity (Wildman–Crippen MR) is 71.7 cm³/mol. The molecule has 1 heterocycles. The summed E-state index contributed by atoms with van der Waals surface area (Å²) in [6.07, 6.45) is 3.07. The Labute approximate surface area is 108 Å². The molecule has 1 aromatic carbocycles. The summed E-state index contributed by atoms with van der Waals surface area (Å²) < 4.78 is 1.88. The SMILES string of the molecule is CCCc1ccccc1-n1nnnc1CC(C)C. The van der Waals surface area contributed by atoms with E-state index in [1.54, 1.807) is 0 Å². The van der Waals surface area contributed by atoms with E-state index in [0.29, 0.717) is 5.92 Å². The van der Waals surface area contributed by atoms with Crippen LogP contribution in [-0.4, -0.2) is 20.2 Å². The quantitative estimate of drug-likeness (QED) is 0.812. The van der Waals surface area contributed by atoms with Gasteiger partial charge < -0.3 is 0 Å². The lowest BCUT2D eigenvalue weighted by molar-refractivity contribution is 0.603. The monoisotopic (exact) mass is 244 g/mol. The molecule has 0 aliphatic heterocycles. The third kappa shape index (κ3) is 2.75. The van der Waals surface area contributed by atoms with Gasteiger partial charge in [-0.05, 0) is 34.4 Å². The molecule has 0 atom stereocenters. The van der Waals surface area contributed by atoms with E-state index in [4.69, 9.17) is 0 Å². The van der Waals surface area contributed by atoms with Gasteiger partial charge in [0, 0.05) is 6.42 Å². The molecular weight excluding hydrogens is 224 g/mol. The second-order valence-electron chi connectivity index (χ2n) is 4.98. The number of hydrogen-bond acceptors (Lipinski definition) is 3. The summed E-state index contributed by atoms with van der Waals surface area (Å²) in [5.74, 6) is 1.49. The summed E-state index contributed by atoms with van der Waals surface area (Å²) in [6, 6.07) is 8.35. The molecule has 0 fully saturated rings. The van der Waals surface area contributed by atoms with Gasteiger partial charge in [-0.15, -0.1) is 5.10 Å². The van der Waals surface area contributed by atoms with Gasteiger partial charge in [0.15, 0.2) is 5.82 Å². The zero-order valence-electron chi connectivity index (χ0n) is 11.3. The van der Waals surface area contributed by atoms with E-state index in [-0.39, 0.29) is 0 Å². The average molecular weight is 244 g/mol. The molecule has 0 N–H and O–H groups in total. The van der Waals surface area contributed by atoms with Gasteiger partial charge in [0.05, 0.1) is 5.69 Å². The molecule has 0 saturated carbocycles. The Morgan fingerprint density at radius 2 is 2.00 bits per heavy atom. The van der Waals surface area contributed by atoms with Crippen molar-refractivity contribution in [2.75, 3.05) is 0 Å². The zero-order chi connectivity index (χ0) is 13.0. The smallest absolute Gasteiger partial charge is 0.156 e. The maximum Gasteiger partial charge on any atom is 0.156 e. The van der Waals surface area contributed by atoms with Crippen LogP contribution in [0.2, 0.25) is 0 Å². The van der Waals surface area contributed by atoms with Gasteiger partial charge >= 0.3 is 0 Å². The molecule has 0 amide bonds. The summed E-state index contributed by atoms with van der Waals surface area (Å²) in [7, 11) is 0.